The number of halogens is 4. The van der Waals surface area contributed by atoms with E-state index in [-0.39, 0.29) is 24.0 Å². The molecule has 0 aliphatic rings. The molecule has 140 valence electrons. The Morgan fingerprint density at radius 3 is 2.42 bits per heavy atom. The van der Waals surface area contributed by atoms with Crippen LogP contribution in [0.5, 0.6) is 5.75 Å². The van der Waals surface area contributed by atoms with E-state index in [1.165, 1.54) is 37.4 Å². The summed E-state index contributed by atoms with van der Waals surface area (Å²) >= 11 is 0. The van der Waals surface area contributed by atoms with Crippen molar-refractivity contribution in [3.8, 4) is 5.75 Å². The minimum atomic E-state index is -4.83. The summed E-state index contributed by atoms with van der Waals surface area (Å²) in [5, 5.41) is 2.56. The minimum Gasteiger partial charge on any atom is -0.404 e. The van der Waals surface area contributed by atoms with Gasteiger partial charge in [-0.1, -0.05) is 24.3 Å². The van der Waals surface area contributed by atoms with Crippen LogP contribution in [0.4, 0.5) is 23.2 Å². The molecular weight excluding hydrogens is 354 g/mol. The molecule has 2 aromatic carbocycles. The first-order valence-electron chi connectivity index (χ1n) is 7.48. The third-order valence-electron chi connectivity index (χ3n) is 3.33. The van der Waals surface area contributed by atoms with Crippen molar-refractivity contribution in [2.75, 3.05) is 19.0 Å². The number of hydrogen-bond donors (Lipinski definition) is 2. The van der Waals surface area contributed by atoms with Gasteiger partial charge >= 0.3 is 6.36 Å². The molecule has 0 radical (unpaired) electrons. The highest BCUT2D eigenvalue weighted by Crippen LogP contribution is 2.29. The first-order chi connectivity index (χ1) is 12.3. The Kier molecular flexibility index (Phi) is 6.40. The van der Waals surface area contributed by atoms with Gasteiger partial charge < -0.3 is 20.5 Å². The molecule has 0 amide bonds. The Morgan fingerprint density at radius 1 is 1.15 bits per heavy atom. The quantitative estimate of drug-likeness (QED) is 0.460. The Balaban J connectivity index is 2.07. The summed E-state index contributed by atoms with van der Waals surface area (Å²) in [7, 11) is 1.46. The summed E-state index contributed by atoms with van der Waals surface area (Å²) in [6.45, 7) is 0.0866. The van der Waals surface area contributed by atoms with Gasteiger partial charge in [0.25, 0.3) is 0 Å². The van der Waals surface area contributed by atoms with Gasteiger partial charge in [-0.25, -0.2) is 4.39 Å². The third-order valence-corrected chi connectivity index (χ3v) is 3.33. The molecule has 0 aliphatic carbocycles. The number of aliphatic imine (C=N–C) groups is 1. The Labute approximate surface area is 147 Å². The van der Waals surface area contributed by atoms with E-state index in [0.29, 0.717) is 5.56 Å². The van der Waals surface area contributed by atoms with E-state index in [1.807, 2.05) is 0 Å². The number of nitrogens with one attached hydrogen (secondary N) is 1. The van der Waals surface area contributed by atoms with Gasteiger partial charge in [0.1, 0.15) is 11.9 Å². The molecule has 0 aliphatic heterocycles. The van der Waals surface area contributed by atoms with Crippen LogP contribution in [-0.2, 0) is 4.74 Å². The predicted octanol–water partition coefficient (Wildman–Crippen LogP) is 3.84. The average molecular weight is 371 g/mol. The number of methoxy groups -OCH3 is 1. The molecule has 0 saturated heterocycles. The Bertz CT molecular complexity index is 748. The summed E-state index contributed by atoms with van der Waals surface area (Å²) < 4.78 is 59.4. The highest BCUT2D eigenvalue weighted by molar-refractivity contribution is 5.93. The lowest BCUT2D eigenvalue weighted by Crippen LogP contribution is -2.25. The lowest BCUT2D eigenvalue weighted by atomic mass is 10.1. The topological polar surface area (TPSA) is 68.9 Å². The smallest absolute Gasteiger partial charge is 0.404 e. The fourth-order valence-corrected chi connectivity index (χ4v) is 2.14. The zero-order chi connectivity index (χ0) is 19.2. The zero-order valence-electron chi connectivity index (χ0n) is 13.8. The molecule has 26 heavy (non-hydrogen) atoms. The van der Waals surface area contributed by atoms with E-state index in [4.69, 9.17) is 10.5 Å². The molecule has 0 heterocycles. The zero-order valence-corrected chi connectivity index (χ0v) is 13.8. The van der Waals surface area contributed by atoms with Crippen LogP contribution < -0.4 is 15.8 Å². The number of rotatable bonds is 6. The van der Waals surface area contributed by atoms with E-state index in [2.05, 4.69) is 15.0 Å². The summed E-state index contributed by atoms with van der Waals surface area (Å²) in [5.74, 6) is -0.929. The van der Waals surface area contributed by atoms with Crippen molar-refractivity contribution in [2.24, 2.45) is 10.7 Å². The number of nitrogens with zero attached hydrogens (tertiary/aromatic N) is 1. The molecule has 3 N–H and O–H groups in total. The van der Waals surface area contributed by atoms with Gasteiger partial charge in [-0.3, -0.25) is 4.99 Å². The van der Waals surface area contributed by atoms with Crippen molar-refractivity contribution in [3.05, 3.63) is 59.9 Å². The largest absolute Gasteiger partial charge is 0.573 e. The van der Waals surface area contributed by atoms with E-state index in [1.54, 1.807) is 12.1 Å². The maximum absolute atomic E-state index is 13.0. The van der Waals surface area contributed by atoms with E-state index < -0.39 is 18.2 Å². The number of anilines is 1. The molecule has 0 aromatic heterocycles. The Morgan fingerprint density at radius 2 is 1.81 bits per heavy atom. The summed E-state index contributed by atoms with van der Waals surface area (Å²) in [6.07, 6.45) is -5.31. The first-order valence-corrected chi connectivity index (χ1v) is 7.48. The van der Waals surface area contributed by atoms with Crippen LogP contribution in [0.3, 0.4) is 0 Å². The molecule has 1 atom stereocenters. The summed E-state index contributed by atoms with van der Waals surface area (Å²) in [6, 6.07) is 11.1. The molecule has 0 bridgehead atoms. The van der Waals surface area contributed by atoms with Crippen LogP contribution in [0.25, 0.3) is 0 Å². The van der Waals surface area contributed by atoms with Gasteiger partial charge in [0.15, 0.2) is 11.7 Å². The molecule has 1 unspecified atom stereocenters. The van der Waals surface area contributed by atoms with Gasteiger partial charge in [-0.15, -0.1) is 13.2 Å². The van der Waals surface area contributed by atoms with Gasteiger partial charge in [0.05, 0.1) is 12.2 Å². The second kappa shape index (κ2) is 8.52. The molecule has 0 saturated carbocycles. The van der Waals surface area contributed by atoms with Crippen LogP contribution in [0, 0.1) is 5.82 Å². The normalized spacial score (nSPS) is 13.3. The fraction of sp³-hybridized carbons (Fsp3) is 0.235. The van der Waals surface area contributed by atoms with Crippen molar-refractivity contribution in [1.82, 2.24) is 0 Å². The monoisotopic (exact) mass is 371 g/mol. The predicted molar refractivity (Wildman–Crippen MR) is 89.4 cm³/mol. The number of ether oxygens (including phenoxy) is 2. The highest BCUT2D eigenvalue weighted by atomic mass is 19.4. The first kappa shape index (κ1) is 19.5. The number of nitrogens with two attached hydrogens (primary N) is 1. The molecule has 0 spiro atoms. The second-order valence-corrected chi connectivity index (χ2v) is 5.17. The molecule has 9 heteroatoms. The Hall–Kier alpha value is -2.81. The maximum atomic E-state index is 13.0. The molecule has 5 nitrogen and oxygen atoms in total. The lowest BCUT2D eigenvalue weighted by Gasteiger charge is -2.16. The number of alkyl halides is 3. The van der Waals surface area contributed by atoms with Crippen LogP contribution >= 0.6 is 0 Å². The molecule has 2 rings (SSSR count). The standard InChI is InChI=1S/C17H17F4N3O2/c1-25-15(11-6-8-12(18)9-7-11)10-23-16(22)24-13-4-2-3-5-14(13)26-17(19,20)21/h2-9,15H,10H2,1H3,(H3,22,23,24). The highest BCUT2D eigenvalue weighted by Gasteiger charge is 2.32. The van der Waals surface area contributed by atoms with Crippen LogP contribution in [0.15, 0.2) is 53.5 Å². The molecule has 2 aromatic rings. The number of guanidine groups is 1. The number of hydrogen-bond acceptors (Lipinski definition) is 3. The number of para-hydroxylation sites is 2. The molecular formula is C17H17F4N3O2. The van der Waals surface area contributed by atoms with Crippen molar-refractivity contribution in [1.29, 1.82) is 0 Å². The van der Waals surface area contributed by atoms with Gasteiger partial charge in [-0.05, 0) is 29.8 Å². The SMILES string of the molecule is COC(CN=C(N)Nc1ccccc1OC(F)(F)F)c1ccc(F)cc1. The van der Waals surface area contributed by atoms with Gasteiger partial charge in [-0.2, -0.15) is 0 Å². The third kappa shape index (κ3) is 5.92. The van der Waals surface area contributed by atoms with Crippen molar-refractivity contribution in [2.45, 2.75) is 12.5 Å². The van der Waals surface area contributed by atoms with Crippen molar-refractivity contribution < 1.29 is 27.0 Å². The van der Waals surface area contributed by atoms with E-state index in [9.17, 15) is 17.6 Å². The summed E-state index contributed by atoms with van der Waals surface area (Å²) in [4.78, 5) is 4.05. The van der Waals surface area contributed by atoms with Crippen LogP contribution in [0.2, 0.25) is 0 Å². The van der Waals surface area contributed by atoms with Crippen molar-refractivity contribution >= 4 is 11.6 Å². The van der Waals surface area contributed by atoms with Crippen LogP contribution in [-0.4, -0.2) is 26.0 Å². The fourth-order valence-electron chi connectivity index (χ4n) is 2.14. The van der Waals surface area contributed by atoms with Crippen LogP contribution in [0.1, 0.15) is 11.7 Å². The lowest BCUT2D eigenvalue weighted by molar-refractivity contribution is -0.274. The number of benzene rings is 2. The van der Waals surface area contributed by atoms with E-state index in [0.717, 1.165) is 6.07 Å². The van der Waals surface area contributed by atoms with Gasteiger partial charge in [0.2, 0.25) is 0 Å². The molecule has 0 fully saturated rings. The average Bonchev–Trinajstić information content (AvgIpc) is 2.57. The second-order valence-electron chi connectivity index (χ2n) is 5.17. The maximum Gasteiger partial charge on any atom is 0.573 e. The van der Waals surface area contributed by atoms with E-state index >= 15 is 0 Å². The van der Waals surface area contributed by atoms with Gasteiger partial charge in [0, 0.05) is 7.11 Å². The van der Waals surface area contributed by atoms with Crippen molar-refractivity contribution in [3.63, 3.8) is 0 Å². The minimum absolute atomic E-state index is 0.0156. The summed E-state index contributed by atoms with van der Waals surface area (Å²) in [5.41, 5.74) is 6.43.